The van der Waals surface area contributed by atoms with Gasteiger partial charge in [-0.1, -0.05) is 25.2 Å². The first-order valence-electron chi connectivity index (χ1n) is 11.5. The first-order valence-corrected chi connectivity index (χ1v) is 11.5. The van der Waals surface area contributed by atoms with Crippen LogP contribution in [0.15, 0.2) is 33.5 Å². The smallest absolute Gasteiger partial charge is 0.339 e. The minimum Gasteiger partial charge on any atom is -0.496 e. The van der Waals surface area contributed by atoms with Crippen molar-refractivity contribution in [3.05, 3.63) is 46.0 Å². The molecule has 3 heterocycles. The van der Waals surface area contributed by atoms with Crippen molar-refractivity contribution in [2.75, 3.05) is 7.11 Å². The molecule has 2 aliphatic rings. The third-order valence-electron chi connectivity index (χ3n) is 6.79. The zero-order valence-electron chi connectivity index (χ0n) is 20.8. The lowest BCUT2D eigenvalue weighted by atomic mass is 9.76. The summed E-state index contributed by atoms with van der Waals surface area (Å²) in [5, 5.41) is 32.5. The Hall–Kier alpha value is -2.50. The molecule has 3 N–H and O–H groups in total. The summed E-state index contributed by atoms with van der Waals surface area (Å²) in [5.74, 6) is 0.135. The quantitative estimate of drug-likeness (QED) is 0.357. The molecule has 2 saturated heterocycles. The molecule has 1 aromatic rings. The fourth-order valence-electron chi connectivity index (χ4n) is 4.97. The first kappa shape index (κ1) is 27.1. The average molecular weight is 495 g/mol. The number of carbonyl (C=O) groups excluding carboxylic acids is 1. The van der Waals surface area contributed by atoms with E-state index in [0.29, 0.717) is 17.7 Å². The number of esters is 1. The molecule has 0 aromatic carbocycles. The second-order valence-electron chi connectivity index (χ2n) is 9.25. The highest BCUT2D eigenvalue weighted by Gasteiger charge is 2.71. The van der Waals surface area contributed by atoms with E-state index in [2.05, 4.69) is 0 Å². The van der Waals surface area contributed by atoms with Gasteiger partial charge in [0.25, 0.3) is 0 Å². The maximum atomic E-state index is 11.7. The molecule has 194 valence electrons. The van der Waals surface area contributed by atoms with Gasteiger partial charge in [0.1, 0.15) is 47.1 Å². The zero-order chi connectivity index (χ0) is 26.1. The van der Waals surface area contributed by atoms with E-state index in [9.17, 15) is 24.9 Å². The molecule has 35 heavy (non-hydrogen) atoms. The normalized spacial score (nSPS) is 34.3. The van der Waals surface area contributed by atoms with E-state index >= 15 is 0 Å². The van der Waals surface area contributed by atoms with Crippen molar-refractivity contribution in [3.8, 4) is 5.75 Å². The van der Waals surface area contributed by atoms with Crippen LogP contribution in [0, 0.1) is 6.92 Å². The van der Waals surface area contributed by atoms with Gasteiger partial charge in [0.2, 0.25) is 0 Å². The highest BCUT2D eigenvalue weighted by molar-refractivity contribution is 5.66. The molecular formula is C25H34O10. The highest BCUT2D eigenvalue weighted by Crippen LogP contribution is 2.51. The van der Waals surface area contributed by atoms with E-state index in [1.165, 1.54) is 44.4 Å². The van der Waals surface area contributed by atoms with Crippen molar-refractivity contribution >= 4 is 12.0 Å². The van der Waals surface area contributed by atoms with Gasteiger partial charge in [-0.15, -0.1) is 0 Å². The largest absolute Gasteiger partial charge is 0.496 e. The van der Waals surface area contributed by atoms with Crippen molar-refractivity contribution in [2.45, 2.75) is 88.9 Å². The minimum atomic E-state index is -1.51. The van der Waals surface area contributed by atoms with Crippen LogP contribution in [-0.4, -0.2) is 76.2 Å². The first-order chi connectivity index (χ1) is 16.4. The topological polar surface area (TPSA) is 145 Å². The number of allylic oxidation sites excluding steroid dienone is 2. The Labute approximate surface area is 203 Å². The van der Waals surface area contributed by atoms with E-state index in [4.69, 9.17) is 23.4 Å². The van der Waals surface area contributed by atoms with Crippen LogP contribution in [-0.2, 0) is 19.0 Å². The number of hydrogen-bond acceptors (Lipinski definition) is 10. The summed E-state index contributed by atoms with van der Waals surface area (Å²) < 4.78 is 27.9. The Balaban J connectivity index is 1.77. The van der Waals surface area contributed by atoms with Crippen LogP contribution in [0.1, 0.15) is 45.4 Å². The average Bonchev–Trinajstić information content (AvgIpc) is 2.97. The van der Waals surface area contributed by atoms with Crippen molar-refractivity contribution in [1.29, 1.82) is 0 Å². The number of carbonyl (C=O) groups is 1. The van der Waals surface area contributed by atoms with E-state index in [-0.39, 0.29) is 5.76 Å². The van der Waals surface area contributed by atoms with Gasteiger partial charge in [-0.05, 0) is 33.3 Å². The van der Waals surface area contributed by atoms with Crippen LogP contribution in [0.5, 0.6) is 5.75 Å². The molecule has 10 nitrogen and oxygen atoms in total. The van der Waals surface area contributed by atoms with Crippen LogP contribution in [0.4, 0.5) is 0 Å². The molecule has 3 rings (SSSR count). The van der Waals surface area contributed by atoms with E-state index in [1.807, 2.05) is 6.92 Å². The number of rotatable bonds is 8. The van der Waals surface area contributed by atoms with Gasteiger partial charge < -0.3 is 38.7 Å². The van der Waals surface area contributed by atoms with Crippen molar-refractivity contribution in [1.82, 2.24) is 0 Å². The van der Waals surface area contributed by atoms with Crippen LogP contribution in [0.3, 0.4) is 0 Å². The Bertz CT molecular complexity index is 1040. The summed E-state index contributed by atoms with van der Waals surface area (Å²) in [5.41, 5.74) is -2.41. The van der Waals surface area contributed by atoms with Crippen LogP contribution in [0.25, 0.3) is 6.08 Å². The standard InChI is InChI=1S/C25H34O10/c1-7-18-24(4)23(32-14(3)26)25(5,34-18)22(30)21(35-24)20(29)15(27)10-8-9-11-16-13(2)17(31-6)12-19(28)33-16/h8-12,15,18,20-23,27,29-30H,7H2,1-6H3/b10-8+,11-9+/t15?,18-,20?,21+,22+,23-,24+,25-/m1/s1. The van der Waals surface area contributed by atoms with Crippen molar-refractivity contribution in [3.63, 3.8) is 0 Å². The summed E-state index contributed by atoms with van der Waals surface area (Å²) in [6.45, 7) is 8.19. The molecular weight excluding hydrogens is 460 g/mol. The third kappa shape index (κ3) is 4.94. The zero-order valence-corrected chi connectivity index (χ0v) is 20.8. The number of methoxy groups -OCH3 is 1. The maximum Gasteiger partial charge on any atom is 0.339 e. The molecule has 1 aromatic heterocycles. The second kappa shape index (κ2) is 10.2. The predicted octanol–water partition coefficient (Wildman–Crippen LogP) is 1.27. The van der Waals surface area contributed by atoms with Gasteiger partial charge in [-0.3, -0.25) is 4.79 Å². The van der Waals surface area contributed by atoms with Gasteiger partial charge in [0.05, 0.1) is 19.3 Å². The molecule has 10 heteroatoms. The van der Waals surface area contributed by atoms with Gasteiger partial charge >= 0.3 is 11.6 Å². The molecule has 2 unspecified atom stereocenters. The lowest BCUT2D eigenvalue weighted by molar-refractivity contribution is -0.268. The predicted molar refractivity (Wildman–Crippen MR) is 125 cm³/mol. The summed E-state index contributed by atoms with van der Waals surface area (Å²) in [6, 6.07) is 1.24. The van der Waals surface area contributed by atoms with Crippen LogP contribution >= 0.6 is 0 Å². The monoisotopic (exact) mass is 494 g/mol. The van der Waals surface area contributed by atoms with Crippen molar-refractivity contribution < 1.29 is 43.5 Å². The number of hydrogen-bond donors (Lipinski definition) is 3. The molecule has 0 saturated carbocycles. The van der Waals surface area contributed by atoms with Crippen molar-refractivity contribution in [2.24, 2.45) is 0 Å². The Morgan fingerprint density at radius 3 is 2.51 bits per heavy atom. The van der Waals surface area contributed by atoms with E-state index in [0.717, 1.165) is 0 Å². The molecule has 0 aliphatic carbocycles. The van der Waals surface area contributed by atoms with Crippen LogP contribution < -0.4 is 10.4 Å². The van der Waals surface area contributed by atoms with Crippen LogP contribution in [0.2, 0.25) is 0 Å². The van der Waals surface area contributed by atoms with Gasteiger partial charge in [-0.2, -0.15) is 0 Å². The number of ether oxygens (including phenoxy) is 4. The molecule has 2 bridgehead atoms. The minimum absolute atomic E-state index is 0.289. The molecule has 0 amide bonds. The SMILES string of the molecule is CC[C@H]1O[C@@]2(C)[C@H](OC(C)=O)[C@@]1(C)O[C@@H](C(O)C(O)/C=C/C=C/c1oc(=O)cc(OC)c1C)[C@@H]2O. The van der Waals surface area contributed by atoms with Gasteiger partial charge in [0, 0.05) is 12.5 Å². The Morgan fingerprint density at radius 1 is 1.23 bits per heavy atom. The number of aliphatic hydroxyl groups is 3. The number of fused-ring (bicyclic) bond motifs is 2. The van der Waals surface area contributed by atoms with Gasteiger partial charge in [0.15, 0.2) is 6.10 Å². The van der Waals surface area contributed by atoms with E-state index in [1.54, 1.807) is 20.8 Å². The number of aliphatic hydroxyl groups excluding tert-OH is 3. The Morgan fingerprint density at radius 2 is 1.91 bits per heavy atom. The summed E-state index contributed by atoms with van der Waals surface area (Å²) in [4.78, 5) is 23.4. The summed E-state index contributed by atoms with van der Waals surface area (Å²) >= 11 is 0. The lowest BCUT2D eigenvalue weighted by Crippen LogP contribution is -2.69. The molecule has 0 radical (unpaired) electrons. The molecule has 2 aliphatic heterocycles. The fraction of sp³-hybridized carbons (Fsp3) is 0.600. The fourth-order valence-corrected chi connectivity index (χ4v) is 4.97. The Kier molecular flexibility index (Phi) is 7.93. The second-order valence-corrected chi connectivity index (χ2v) is 9.25. The summed E-state index contributed by atoms with van der Waals surface area (Å²) in [6.07, 6.45) is -0.573. The molecule has 8 atom stereocenters. The van der Waals surface area contributed by atoms with E-state index < -0.39 is 59.4 Å². The third-order valence-corrected chi connectivity index (χ3v) is 6.79. The summed E-state index contributed by atoms with van der Waals surface area (Å²) in [7, 11) is 1.45. The molecule has 2 fully saturated rings. The maximum absolute atomic E-state index is 11.7. The molecule has 0 spiro atoms. The lowest BCUT2D eigenvalue weighted by Gasteiger charge is -2.49. The highest BCUT2D eigenvalue weighted by atomic mass is 16.7. The van der Waals surface area contributed by atoms with Gasteiger partial charge in [-0.25, -0.2) is 4.79 Å².